The Morgan fingerprint density at radius 3 is 2.48 bits per heavy atom. The van der Waals surface area contributed by atoms with Gasteiger partial charge in [-0.3, -0.25) is 4.79 Å². The van der Waals surface area contributed by atoms with Crippen LogP contribution < -0.4 is 5.73 Å². The van der Waals surface area contributed by atoms with Gasteiger partial charge in [-0.25, -0.2) is 14.1 Å². The molecule has 8 nitrogen and oxygen atoms in total. The SMILES string of the molecule is NC(CSC(c1ccc(F)cc1)(C(O)c1ccccc1Cl)C(O)n1cncn1)C(=O)O. The molecule has 0 aliphatic heterocycles. The number of carbonyl (C=O) groups is 1. The number of hydrogen-bond donors (Lipinski definition) is 4. The van der Waals surface area contributed by atoms with E-state index in [1.807, 2.05) is 0 Å². The van der Waals surface area contributed by atoms with E-state index in [4.69, 9.17) is 17.3 Å². The normalized spacial score (nSPS) is 16.3. The van der Waals surface area contributed by atoms with Crippen molar-refractivity contribution in [3.05, 3.63) is 83.2 Å². The van der Waals surface area contributed by atoms with Crippen LogP contribution in [0, 0.1) is 5.82 Å². The summed E-state index contributed by atoms with van der Waals surface area (Å²) in [5.41, 5.74) is 6.30. The zero-order valence-electron chi connectivity index (χ0n) is 16.0. The van der Waals surface area contributed by atoms with Gasteiger partial charge >= 0.3 is 5.97 Å². The van der Waals surface area contributed by atoms with Crippen molar-refractivity contribution in [1.82, 2.24) is 14.8 Å². The zero-order valence-corrected chi connectivity index (χ0v) is 17.6. The lowest BCUT2D eigenvalue weighted by atomic mass is 9.86. The van der Waals surface area contributed by atoms with E-state index in [1.165, 1.54) is 36.9 Å². The Bertz CT molecular complexity index is 1020. The van der Waals surface area contributed by atoms with E-state index in [1.54, 1.807) is 24.3 Å². The number of nitrogens with two attached hydrogens (primary N) is 1. The first-order valence-corrected chi connectivity index (χ1v) is 10.5. The molecule has 164 valence electrons. The molecule has 1 aromatic heterocycles. The maximum Gasteiger partial charge on any atom is 0.321 e. The Labute approximate surface area is 186 Å². The standard InChI is InChI=1S/C20H20ClFN4O4S/c21-15-4-2-1-3-14(15)17(27)20(31-9-16(23)18(28)29,12-5-7-13(22)8-6-12)19(30)26-11-24-10-25-26/h1-8,10-11,16-17,19,27,30H,9,23H2,(H,28,29). The maximum atomic E-state index is 13.7. The van der Waals surface area contributed by atoms with Gasteiger partial charge in [-0.15, -0.1) is 11.8 Å². The summed E-state index contributed by atoms with van der Waals surface area (Å²) in [6.07, 6.45) is -0.553. The predicted molar refractivity (Wildman–Crippen MR) is 114 cm³/mol. The third-order valence-corrected chi connectivity index (χ3v) is 6.81. The third kappa shape index (κ3) is 4.73. The van der Waals surface area contributed by atoms with Crippen LogP contribution in [0.1, 0.15) is 23.5 Å². The molecule has 4 unspecified atom stereocenters. The number of aliphatic hydroxyl groups is 2. The number of halogens is 2. The maximum absolute atomic E-state index is 13.7. The number of carboxylic acids is 1. The van der Waals surface area contributed by atoms with E-state index < -0.39 is 34.9 Å². The van der Waals surface area contributed by atoms with Gasteiger partial charge in [-0.1, -0.05) is 41.9 Å². The van der Waals surface area contributed by atoms with Gasteiger partial charge in [0.05, 0.1) is 0 Å². The van der Waals surface area contributed by atoms with Crippen LogP contribution in [0.5, 0.6) is 0 Å². The molecule has 3 rings (SSSR count). The first kappa shape index (κ1) is 23.2. The first-order chi connectivity index (χ1) is 14.8. The van der Waals surface area contributed by atoms with Crippen molar-refractivity contribution in [3.63, 3.8) is 0 Å². The van der Waals surface area contributed by atoms with Crippen LogP contribution >= 0.6 is 23.4 Å². The molecule has 1 heterocycles. The van der Waals surface area contributed by atoms with Gasteiger partial charge in [0.2, 0.25) is 0 Å². The Morgan fingerprint density at radius 2 is 1.90 bits per heavy atom. The van der Waals surface area contributed by atoms with Crippen molar-refractivity contribution in [2.75, 3.05) is 5.75 Å². The molecule has 5 N–H and O–H groups in total. The first-order valence-electron chi connectivity index (χ1n) is 9.10. The van der Waals surface area contributed by atoms with E-state index in [0.717, 1.165) is 16.4 Å². The van der Waals surface area contributed by atoms with Crippen molar-refractivity contribution in [2.45, 2.75) is 23.1 Å². The van der Waals surface area contributed by atoms with E-state index in [0.29, 0.717) is 5.56 Å². The number of nitrogens with zero attached hydrogens (tertiary/aromatic N) is 3. The number of aromatic nitrogens is 3. The number of carboxylic acid groups (broad SMARTS) is 1. The van der Waals surface area contributed by atoms with Gasteiger partial charge in [0, 0.05) is 16.3 Å². The number of hydrogen-bond acceptors (Lipinski definition) is 7. The smallest absolute Gasteiger partial charge is 0.321 e. The van der Waals surface area contributed by atoms with Crippen LogP contribution in [0.25, 0.3) is 0 Å². The predicted octanol–water partition coefficient (Wildman–Crippen LogP) is 2.34. The number of aliphatic carboxylic acids is 1. The summed E-state index contributed by atoms with van der Waals surface area (Å²) < 4.78 is 13.1. The second kappa shape index (κ2) is 9.75. The molecule has 4 atom stereocenters. The molecule has 31 heavy (non-hydrogen) atoms. The third-order valence-electron chi connectivity index (χ3n) is 4.79. The fraction of sp³-hybridized carbons (Fsp3) is 0.250. The molecule has 0 spiro atoms. The number of benzene rings is 2. The summed E-state index contributed by atoms with van der Waals surface area (Å²) >= 11 is 7.22. The molecule has 0 saturated heterocycles. The van der Waals surface area contributed by atoms with Gasteiger partial charge in [-0.2, -0.15) is 5.10 Å². The van der Waals surface area contributed by atoms with Gasteiger partial charge < -0.3 is 21.1 Å². The molecular formula is C20H20ClFN4O4S. The van der Waals surface area contributed by atoms with Gasteiger partial charge in [-0.05, 0) is 23.8 Å². The van der Waals surface area contributed by atoms with Gasteiger partial charge in [0.1, 0.15) is 35.4 Å². The van der Waals surface area contributed by atoms with Crippen molar-refractivity contribution in [2.24, 2.45) is 5.73 Å². The van der Waals surface area contributed by atoms with E-state index >= 15 is 0 Å². The van der Waals surface area contributed by atoms with Crippen LogP contribution in [0.2, 0.25) is 5.02 Å². The molecular weight excluding hydrogens is 447 g/mol. The van der Waals surface area contributed by atoms with Gasteiger partial charge in [0.25, 0.3) is 0 Å². The Balaban J connectivity index is 2.22. The van der Waals surface area contributed by atoms with Crippen molar-refractivity contribution < 1.29 is 24.5 Å². The minimum absolute atomic E-state index is 0.181. The summed E-state index contributed by atoms with van der Waals surface area (Å²) in [5, 5.41) is 36.4. The van der Waals surface area contributed by atoms with E-state index in [9.17, 15) is 24.5 Å². The van der Waals surface area contributed by atoms with Crippen LogP contribution in [0.4, 0.5) is 4.39 Å². The Morgan fingerprint density at radius 1 is 1.23 bits per heavy atom. The summed E-state index contributed by atoms with van der Waals surface area (Å²) in [4.78, 5) is 15.2. The minimum Gasteiger partial charge on any atom is -0.480 e. The lowest BCUT2D eigenvalue weighted by molar-refractivity contribution is -0.137. The van der Waals surface area contributed by atoms with E-state index in [-0.39, 0.29) is 16.3 Å². The highest BCUT2D eigenvalue weighted by molar-refractivity contribution is 8.00. The van der Waals surface area contributed by atoms with Crippen molar-refractivity contribution in [1.29, 1.82) is 0 Å². The number of rotatable bonds is 9. The zero-order chi connectivity index (χ0) is 22.6. The minimum atomic E-state index is -1.67. The second-order valence-electron chi connectivity index (χ2n) is 6.73. The summed E-state index contributed by atoms with van der Waals surface area (Å²) in [6, 6.07) is 10.4. The highest BCUT2D eigenvalue weighted by Crippen LogP contribution is 2.54. The van der Waals surface area contributed by atoms with Crippen LogP contribution in [0.3, 0.4) is 0 Å². The largest absolute Gasteiger partial charge is 0.480 e. The number of aliphatic hydroxyl groups excluding tert-OH is 2. The lowest BCUT2D eigenvalue weighted by Crippen LogP contribution is -2.43. The molecule has 0 fully saturated rings. The van der Waals surface area contributed by atoms with Crippen molar-refractivity contribution >= 4 is 29.3 Å². The second-order valence-corrected chi connectivity index (χ2v) is 8.43. The summed E-state index contributed by atoms with van der Waals surface area (Å²) in [7, 11) is 0. The monoisotopic (exact) mass is 466 g/mol. The molecule has 0 saturated carbocycles. The fourth-order valence-electron chi connectivity index (χ4n) is 3.16. The highest BCUT2D eigenvalue weighted by Gasteiger charge is 2.50. The molecule has 0 amide bonds. The molecule has 3 aromatic rings. The molecule has 0 aliphatic rings. The van der Waals surface area contributed by atoms with Crippen molar-refractivity contribution in [3.8, 4) is 0 Å². The average molecular weight is 467 g/mol. The molecule has 0 bridgehead atoms. The Hall–Kier alpha value is -2.50. The Kier molecular flexibility index (Phi) is 7.29. The van der Waals surface area contributed by atoms with Gasteiger partial charge in [0.15, 0.2) is 6.23 Å². The van der Waals surface area contributed by atoms with Crippen LogP contribution in [-0.2, 0) is 9.54 Å². The fourth-order valence-corrected chi connectivity index (χ4v) is 4.84. The molecule has 11 heteroatoms. The molecule has 0 aliphatic carbocycles. The lowest BCUT2D eigenvalue weighted by Gasteiger charge is -2.42. The number of thioether (sulfide) groups is 1. The molecule has 2 aromatic carbocycles. The van der Waals surface area contributed by atoms with Crippen LogP contribution in [0.15, 0.2) is 61.2 Å². The van der Waals surface area contributed by atoms with E-state index in [2.05, 4.69) is 10.1 Å². The average Bonchev–Trinajstić information content (AvgIpc) is 3.29. The molecule has 0 radical (unpaired) electrons. The topological polar surface area (TPSA) is 134 Å². The summed E-state index contributed by atoms with van der Waals surface area (Å²) in [6.45, 7) is 0. The summed E-state index contributed by atoms with van der Waals surface area (Å²) in [5.74, 6) is -1.95. The highest BCUT2D eigenvalue weighted by atomic mass is 35.5. The van der Waals surface area contributed by atoms with Crippen LogP contribution in [-0.4, -0.2) is 47.8 Å². The quantitative estimate of drug-likeness (QED) is 0.377.